The van der Waals surface area contributed by atoms with Crippen molar-refractivity contribution in [2.24, 2.45) is 0 Å². The van der Waals surface area contributed by atoms with E-state index in [4.69, 9.17) is 13.9 Å². The quantitative estimate of drug-likeness (QED) is 0.235. The van der Waals surface area contributed by atoms with Gasteiger partial charge in [-0.3, -0.25) is 0 Å². The van der Waals surface area contributed by atoms with Crippen LogP contribution in [-0.2, 0) is 9.53 Å². The monoisotopic (exact) mass is 470 g/mol. The number of hydrogen-bond donors (Lipinski definition) is 0. The highest BCUT2D eigenvalue weighted by Crippen LogP contribution is 2.43. The van der Waals surface area contributed by atoms with E-state index in [-0.39, 0.29) is 11.8 Å². The number of carbonyl (C=O) groups excluding carboxylic acids is 1. The normalized spacial score (nSPS) is 12.3. The molecule has 0 saturated carbocycles. The van der Waals surface area contributed by atoms with Crippen molar-refractivity contribution in [3.8, 4) is 16.9 Å². The Balaban J connectivity index is 2.23. The van der Waals surface area contributed by atoms with E-state index in [1.807, 2.05) is 50.2 Å². The third-order valence-corrected chi connectivity index (χ3v) is 5.63. The number of para-hydroxylation sites is 1. The number of hydrogen-bond acceptors (Lipinski definition) is 4. The van der Waals surface area contributed by atoms with Gasteiger partial charge < -0.3 is 13.9 Å². The molecule has 0 atom stereocenters. The maximum atomic E-state index is 13.1. The van der Waals surface area contributed by atoms with Gasteiger partial charge in [-0.05, 0) is 54.5 Å². The van der Waals surface area contributed by atoms with Crippen LogP contribution in [0, 0.1) is 0 Å². The molecular weight excluding hydrogens is 438 g/mol. The van der Waals surface area contributed by atoms with Gasteiger partial charge in [0.1, 0.15) is 23.7 Å². The van der Waals surface area contributed by atoms with Crippen molar-refractivity contribution in [1.82, 2.24) is 0 Å². The summed E-state index contributed by atoms with van der Waals surface area (Å²) in [5.41, 5.74) is 4.67. The maximum absolute atomic E-state index is 13.1. The second kappa shape index (κ2) is 10.9. The molecule has 6 heteroatoms. The number of rotatable bonds is 9. The molecule has 3 aromatic rings. The first-order chi connectivity index (χ1) is 16.1. The number of halogens is 2. The first kappa shape index (κ1) is 25.5. The predicted molar refractivity (Wildman–Crippen MR) is 132 cm³/mol. The summed E-state index contributed by atoms with van der Waals surface area (Å²) in [5.74, 6) is 0.862. The Morgan fingerprint density at radius 2 is 1.79 bits per heavy atom. The Bertz CT molecular complexity index is 1190. The van der Waals surface area contributed by atoms with Crippen LogP contribution in [0.4, 0.5) is 8.78 Å². The van der Waals surface area contributed by atoms with Crippen LogP contribution >= 0.6 is 0 Å². The molecule has 0 unspecified atom stereocenters. The zero-order valence-corrected chi connectivity index (χ0v) is 20.6. The molecule has 34 heavy (non-hydrogen) atoms. The summed E-state index contributed by atoms with van der Waals surface area (Å²) in [6.45, 7) is 11.4. The molecule has 0 bridgehead atoms. The standard InChI is InChI=1S/C28H32F2O4/c1-7-32-26(31)11-18(6)24-14-19-9-8-10-21(27(19)34-24)23-13-20(16(2)3)12-22(17(4)5)28(23)33-15-25(29)30/h8-14,16-17,25H,7,15H2,1-6H3/b18-11+. The summed E-state index contributed by atoms with van der Waals surface area (Å²) in [6.07, 6.45) is -1.19. The smallest absolute Gasteiger partial charge is 0.331 e. The van der Waals surface area contributed by atoms with Crippen LogP contribution in [0.1, 0.15) is 70.3 Å². The molecule has 0 radical (unpaired) electrons. The van der Waals surface area contributed by atoms with E-state index in [9.17, 15) is 13.6 Å². The van der Waals surface area contributed by atoms with Crippen molar-refractivity contribution in [2.45, 2.75) is 59.8 Å². The molecule has 0 spiro atoms. The fourth-order valence-electron chi connectivity index (χ4n) is 3.85. The first-order valence-electron chi connectivity index (χ1n) is 11.6. The van der Waals surface area contributed by atoms with Gasteiger partial charge in [0, 0.05) is 22.6 Å². The second-order valence-corrected chi connectivity index (χ2v) is 8.91. The lowest BCUT2D eigenvalue weighted by molar-refractivity contribution is -0.137. The minimum Gasteiger partial charge on any atom is -0.487 e. The van der Waals surface area contributed by atoms with Crippen molar-refractivity contribution in [1.29, 1.82) is 0 Å². The molecule has 0 amide bonds. The largest absolute Gasteiger partial charge is 0.487 e. The molecule has 0 aliphatic carbocycles. The molecule has 0 N–H and O–H groups in total. The van der Waals surface area contributed by atoms with E-state index in [1.54, 1.807) is 13.8 Å². The van der Waals surface area contributed by atoms with Crippen LogP contribution in [0.25, 0.3) is 27.7 Å². The van der Waals surface area contributed by atoms with Gasteiger partial charge in [0.2, 0.25) is 0 Å². The van der Waals surface area contributed by atoms with E-state index < -0.39 is 19.0 Å². The van der Waals surface area contributed by atoms with Gasteiger partial charge in [-0.15, -0.1) is 0 Å². The van der Waals surface area contributed by atoms with E-state index in [1.165, 1.54) is 6.08 Å². The highest BCUT2D eigenvalue weighted by Gasteiger charge is 2.22. The number of ether oxygens (including phenoxy) is 2. The van der Waals surface area contributed by atoms with Crippen LogP contribution in [0.3, 0.4) is 0 Å². The van der Waals surface area contributed by atoms with Crippen LogP contribution in [-0.4, -0.2) is 25.6 Å². The minimum atomic E-state index is -2.58. The average molecular weight is 471 g/mol. The van der Waals surface area contributed by atoms with Gasteiger partial charge in [-0.25, -0.2) is 13.6 Å². The number of carbonyl (C=O) groups is 1. The van der Waals surface area contributed by atoms with Gasteiger partial charge in [-0.1, -0.05) is 52.0 Å². The Hall–Kier alpha value is -3.15. The van der Waals surface area contributed by atoms with E-state index in [2.05, 4.69) is 13.8 Å². The van der Waals surface area contributed by atoms with Gasteiger partial charge in [0.05, 0.1) is 6.61 Å². The third-order valence-electron chi connectivity index (χ3n) is 5.63. The highest BCUT2D eigenvalue weighted by molar-refractivity contribution is 5.97. The molecule has 4 nitrogen and oxygen atoms in total. The number of fused-ring (bicyclic) bond motifs is 1. The molecule has 0 aliphatic rings. The summed E-state index contributed by atoms with van der Waals surface area (Å²) in [6, 6.07) is 11.6. The van der Waals surface area contributed by atoms with Crippen molar-refractivity contribution < 1.29 is 27.5 Å². The molecule has 182 valence electrons. The van der Waals surface area contributed by atoms with Gasteiger partial charge >= 0.3 is 5.97 Å². The molecule has 1 aromatic heterocycles. The van der Waals surface area contributed by atoms with Crippen molar-refractivity contribution in [2.75, 3.05) is 13.2 Å². The first-order valence-corrected chi connectivity index (χ1v) is 11.6. The predicted octanol–water partition coefficient (Wildman–Crippen LogP) is 7.96. The molecule has 3 rings (SSSR count). The summed E-state index contributed by atoms with van der Waals surface area (Å²) in [7, 11) is 0. The number of benzene rings is 2. The van der Waals surface area contributed by atoms with Crippen LogP contribution in [0.5, 0.6) is 5.75 Å². The zero-order chi connectivity index (χ0) is 25.0. The van der Waals surface area contributed by atoms with Gasteiger partial charge in [-0.2, -0.15) is 0 Å². The van der Waals surface area contributed by atoms with Gasteiger partial charge in [0.25, 0.3) is 6.43 Å². The fourth-order valence-corrected chi connectivity index (χ4v) is 3.85. The summed E-state index contributed by atoms with van der Waals surface area (Å²) in [5, 5.41) is 0.838. The van der Waals surface area contributed by atoms with Crippen LogP contribution in [0.15, 0.2) is 46.9 Å². The summed E-state index contributed by atoms with van der Waals surface area (Å²) < 4.78 is 43.1. The number of furan rings is 1. The lowest BCUT2D eigenvalue weighted by Crippen LogP contribution is -2.10. The SMILES string of the molecule is CCOC(=O)/C=C(\C)c1cc2cccc(-c3cc(C(C)C)cc(C(C)C)c3OCC(F)F)c2o1. The highest BCUT2D eigenvalue weighted by atomic mass is 19.3. The second-order valence-electron chi connectivity index (χ2n) is 8.91. The molecule has 0 saturated heterocycles. The average Bonchev–Trinajstić information content (AvgIpc) is 3.21. The Morgan fingerprint density at radius 3 is 2.41 bits per heavy atom. The lowest BCUT2D eigenvalue weighted by atomic mass is 9.89. The molecular formula is C28H32F2O4. The number of allylic oxidation sites excluding steroid dienone is 1. The zero-order valence-electron chi connectivity index (χ0n) is 20.6. The van der Waals surface area contributed by atoms with Crippen LogP contribution in [0.2, 0.25) is 0 Å². The Morgan fingerprint density at radius 1 is 1.06 bits per heavy atom. The Labute approximate surface area is 199 Å². The molecule has 0 fully saturated rings. The third kappa shape index (κ3) is 5.66. The molecule has 2 aromatic carbocycles. The van der Waals surface area contributed by atoms with E-state index >= 15 is 0 Å². The molecule has 1 heterocycles. The van der Waals surface area contributed by atoms with Crippen molar-refractivity contribution >= 4 is 22.5 Å². The van der Waals surface area contributed by atoms with E-state index in [0.717, 1.165) is 22.1 Å². The number of alkyl halides is 2. The lowest BCUT2D eigenvalue weighted by Gasteiger charge is -2.21. The minimum absolute atomic E-state index is 0.0752. The maximum Gasteiger partial charge on any atom is 0.331 e. The number of esters is 1. The van der Waals surface area contributed by atoms with Crippen molar-refractivity contribution in [3.05, 3.63) is 59.4 Å². The fraction of sp³-hybridized carbons (Fsp3) is 0.393. The van der Waals surface area contributed by atoms with Crippen LogP contribution < -0.4 is 4.74 Å². The molecule has 0 aliphatic heterocycles. The van der Waals surface area contributed by atoms with Crippen molar-refractivity contribution in [3.63, 3.8) is 0 Å². The Kier molecular flexibility index (Phi) is 8.13. The van der Waals surface area contributed by atoms with E-state index in [0.29, 0.717) is 34.8 Å². The topological polar surface area (TPSA) is 48.7 Å². The summed E-state index contributed by atoms with van der Waals surface area (Å²) >= 11 is 0. The van der Waals surface area contributed by atoms with Gasteiger partial charge in [0.15, 0.2) is 0 Å². The summed E-state index contributed by atoms with van der Waals surface area (Å²) in [4.78, 5) is 11.9.